The van der Waals surface area contributed by atoms with Crippen LogP contribution < -0.4 is 4.74 Å². The molecule has 116 valence electrons. The van der Waals surface area contributed by atoms with Crippen molar-refractivity contribution in [3.05, 3.63) is 29.6 Å². The molecule has 1 aromatic carbocycles. The maximum atomic E-state index is 13.6. The molecule has 0 aromatic heterocycles. The lowest BCUT2D eigenvalue weighted by Gasteiger charge is -2.21. The SMILES string of the molecule is COc1ccc(C(=O)CS(=O)(=O)C2CCCCC2)cc1F. The molecule has 1 aromatic rings. The number of hydrogen-bond acceptors (Lipinski definition) is 4. The number of methoxy groups -OCH3 is 1. The van der Waals surface area contributed by atoms with Crippen LogP contribution in [0.4, 0.5) is 4.39 Å². The van der Waals surface area contributed by atoms with E-state index >= 15 is 0 Å². The number of carbonyl (C=O) groups is 1. The van der Waals surface area contributed by atoms with E-state index in [0.29, 0.717) is 12.8 Å². The molecule has 0 unspecified atom stereocenters. The van der Waals surface area contributed by atoms with E-state index in [9.17, 15) is 17.6 Å². The fourth-order valence-corrected chi connectivity index (χ4v) is 4.47. The van der Waals surface area contributed by atoms with Crippen LogP contribution in [0.5, 0.6) is 5.75 Å². The fraction of sp³-hybridized carbons (Fsp3) is 0.533. The first-order chi connectivity index (χ1) is 9.94. The molecule has 0 radical (unpaired) electrons. The van der Waals surface area contributed by atoms with Crippen LogP contribution in [0.3, 0.4) is 0 Å². The zero-order valence-electron chi connectivity index (χ0n) is 12.0. The molecule has 4 nitrogen and oxygen atoms in total. The van der Waals surface area contributed by atoms with Gasteiger partial charge in [-0.25, -0.2) is 12.8 Å². The Kier molecular flexibility index (Phi) is 4.98. The van der Waals surface area contributed by atoms with Gasteiger partial charge in [0.1, 0.15) is 5.75 Å². The van der Waals surface area contributed by atoms with Crippen LogP contribution in [0.25, 0.3) is 0 Å². The molecule has 1 saturated carbocycles. The van der Waals surface area contributed by atoms with Crippen molar-refractivity contribution < 1.29 is 22.3 Å². The second-order valence-corrected chi connectivity index (χ2v) is 7.62. The number of benzene rings is 1. The smallest absolute Gasteiger partial charge is 0.177 e. The van der Waals surface area contributed by atoms with E-state index < -0.39 is 32.4 Å². The summed E-state index contributed by atoms with van der Waals surface area (Å²) < 4.78 is 42.8. The second kappa shape index (κ2) is 6.56. The van der Waals surface area contributed by atoms with E-state index in [1.165, 1.54) is 19.2 Å². The maximum Gasteiger partial charge on any atom is 0.177 e. The van der Waals surface area contributed by atoms with Crippen LogP contribution in [0, 0.1) is 5.82 Å². The summed E-state index contributed by atoms with van der Waals surface area (Å²) in [6.07, 6.45) is 4.05. The van der Waals surface area contributed by atoms with Gasteiger partial charge in [-0.2, -0.15) is 0 Å². The predicted molar refractivity (Wildman–Crippen MR) is 77.9 cm³/mol. The summed E-state index contributed by atoms with van der Waals surface area (Å²) in [5.41, 5.74) is 0.0627. The van der Waals surface area contributed by atoms with Gasteiger partial charge in [0.15, 0.2) is 27.2 Å². The summed E-state index contributed by atoms with van der Waals surface area (Å²) in [6.45, 7) is 0. The lowest BCUT2D eigenvalue weighted by molar-refractivity contribution is 0.102. The number of sulfone groups is 1. The topological polar surface area (TPSA) is 60.4 Å². The van der Waals surface area contributed by atoms with Crippen molar-refractivity contribution in [3.8, 4) is 5.75 Å². The number of halogens is 1. The zero-order chi connectivity index (χ0) is 15.5. The van der Waals surface area contributed by atoms with Gasteiger partial charge in [0.25, 0.3) is 0 Å². The van der Waals surface area contributed by atoms with Crippen LogP contribution in [0.2, 0.25) is 0 Å². The summed E-state index contributed by atoms with van der Waals surface area (Å²) >= 11 is 0. The van der Waals surface area contributed by atoms with E-state index in [0.717, 1.165) is 25.3 Å². The second-order valence-electron chi connectivity index (χ2n) is 5.34. The Morgan fingerprint density at radius 2 is 1.95 bits per heavy atom. The molecule has 1 aliphatic carbocycles. The highest BCUT2D eigenvalue weighted by atomic mass is 32.2. The standard InChI is InChI=1S/C15H19FO4S/c1-20-15-8-7-11(9-13(15)16)14(17)10-21(18,19)12-5-3-2-4-6-12/h7-9,12H,2-6,10H2,1H3. The van der Waals surface area contributed by atoms with Crippen LogP contribution in [0.15, 0.2) is 18.2 Å². The summed E-state index contributed by atoms with van der Waals surface area (Å²) in [4.78, 5) is 12.1. The van der Waals surface area contributed by atoms with Gasteiger partial charge in [-0.1, -0.05) is 19.3 Å². The highest BCUT2D eigenvalue weighted by Gasteiger charge is 2.29. The lowest BCUT2D eigenvalue weighted by atomic mass is 10.0. The Morgan fingerprint density at radius 1 is 1.29 bits per heavy atom. The minimum atomic E-state index is -3.46. The van der Waals surface area contributed by atoms with E-state index in [1.54, 1.807) is 0 Å². The summed E-state index contributed by atoms with van der Waals surface area (Å²) in [5.74, 6) is -1.76. The molecule has 0 spiro atoms. The minimum Gasteiger partial charge on any atom is -0.494 e. The van der Waals surface area contributed by atoms with Crippen molar-refractivity contribution in [3.63, 3.8) is 0 Å². The van der Waals surface area contributed by atoms with Crippen molar-refractivity contribution in [2.45, 2.75) is 37.4 Å². The first-order valence-corrected chi connectivity index (χ1v) is 8.74. The van der Waals surface area contributed by atoms with Crippen molar-refractivity contribution in [2.24, 2.45) is 0 Å². The Balaban J connectivity index is 2.11. The largest absolute Gasteiger partial charge is 0.494 e. The van der Waals surface area contributed by atoms with Gasteiger partial charge in [-0.15, -0.1) is 0 Å². The summed E-state index contributed by atoms with van der Waals surface area (Å²) in [6, 6.07) is 3.74. The van der Waals surface area contributed by atoms with Gasteiger partial charge < -0.3 is 4.74 Å². The van der Waals surface area contributed by atoms with Crippen molar-refractivity contribution >= 4 is 15.6 Å². The molecule has 0 bridgehead atoms. The number of ether oxygens (including phenoxy) is 1. The molecule has 1 fully saturated rings. The Morgan fingerprint density at radius 3 is 2.52 bits per heavy atom. The first kappa shape index (κ1) is 15.9. The fourth-order valence-electron chi connectivity index (χ4n) is 2.65. The third kappa shape index (κ3) is 3.81. The third-order valence-electron chi connectivity index (χ3n) is 3.87. The van der Waals surface area contributed by atoms with Crippen LogP contribution >= 0.6 is 0 Å². The van der Waals surface area contributed by atoms with Gasteiger partial charge in [0.2, 0.25) is 0 Å². The van der Waals surface area contributed by atoms with E-state index in [-0.39, 0.29) is 11.3 Å². The molecule has 6 heteroatoms. The van der Waals surface area contributed by atoms with Gasteiger partial charge in [-0.05, 0) is 31.0 Å². The molecule has 2 rings (SSSR count). The van der Waals surface area contributed by atoms with Gasteiger partial charge in [0.05, 0.1) is 12.4 Å². The van der Waals surface area contributed by atoms with Crippen molar-refractivity contribution in [1.82, 2.24) is 0 Å². The first-order valence-electron chi connectivity index (χ1n) is 7.02. The normalized spacial score (nSPS) is 16.7. The van der Waals surface area contributed by atoms with Gasteiger partial charge in [0, 0.05) is 5.56 Å². The minimum absolute atomic E-state index is 0.0293. The molecule has 1 aliphatic rings. The molecule has 0 atom stereocenters. The molecular weight excluding hydrogens is 295 g/mol. The molecule has 0 aliphatic heterocycles. The Labute approximate surface area is 124 Å². The highest BCUT2D eigenvalue weighted by molar-refractivity contribution is 7.92. The number of hydrogen-bond donors (Lipinski definition) is 0. The highest BCUT2D eigenvalue weighted by Crippen LogP contribution is 2.25. The molecular formula is C15H19FO4S. The summed E-state index contributed by atoms with van der Waals surface area (Å²) in [5, 5.41) is -0.432. The summed E-state index contributed by atoms with van der Waals surface area (Å²) in [7, 11) is -2.14. The molecule has 0 amide bonds. The lowest BCUT2D eigenvalue weighted by Crippen LogP contribution is -2.29. The Hall–Kier alpha value is -1.43. The van der Waals surface area contributed by atoms with Gasteiger partial charge in [-0.3, -0.25) is 4.79 Å². The quantitative estimate of drug-likeness (QED) is 0.784. The number of Topliss-reactive ketones (excluding diaryl/α,β-unsaturated/α-hetero) is 1. The Bertz CT molecular complexity index is 619. The van der Waals surface area contributed by atoms with Crippen LogP contribution in [-0.4, -0.2) is 32.3 Å². The van der Waals surface area contributed by atoms with E-state index in [4.69, 9.17) is 4.74 Å². The van der Waals surface area contributed by atoms with Crippen LogP contribution in [-0.2, 0) is 9.84 Å². The predicted octanol–water partition coefficient (Wildman–Crippen LogP) is 2.76. The molecule has 0 saturated heterocycles. The zero-order valence-corrected chi connectivity index (χ0v) is 12.8. The van der Waals surface area contributed by atoms with Crippen LogP contribution in [0.1, 0.15) is 42.5 Å². The maximum absolute atomic E-state index is 13.6. The van der Waals surface area contributed by atoms with E-state index in [2.05, 4.69) is 0 Å². The molecule has 0 N–H and O–H groups in total. The molecule has 21 heavy (non-hydrogen) atoms. The van der Waals surface area contributed by atoms with Crippen molar-refractivity contribution in [1.29, 1.82) is 0 Å². The van der Waals surface area contributed by atoms with Gasteiger partial charge >= 0.3 is 0 Å². The monoisotopic (exact) mass is 314 g/mol. The number of rotatable bonds is 5. The molecule has 0 heterocycles. The average molecular weight is 314 g/mol. The average Bonchev–Trinajstić information content (AvgIpc) is 2.47. The number of carbonyl (C=O) groups excluding carboxylic acids is 1. The third-order valence-corrected chi connectivity index (χ3v) is 6.02. The van der Waals surface area contributed by atoms with E-state index in [1.807, 2.05) is 0 Å². The van der Waals surface area contributed by atoms with Crippen molar-refractivity contribution in [2.75, 3.05) is 12.9 Å². The number of ketones is 1.